The van der Waals surface area contributed by atoms with E-state index in [-0.39, 0.29) is 17.6 Å². The summed E-state index contributed by atoms with van der Waals surface area (Å²) in [6.45, 7) is 3.52. The fraction of sp³-hybridized carbons (Fsp3) is 0.333. The molecule has 1 amide bonds. The third kappa shape index (κ3) is 3.62. The molecule has 1 fully saturated rings. The Bertz CT molecular complexity index is 1040. The van der Waals surface area contributed by atoms with Gasteiger partial charge in [-0.1, -0.05) is 17.7 Å². The van der Waals surface area contributed by atoms with Crippen molar-refractivity contribution in [2.45, 2.75) is 19.8 Å². The average Bonchev–Trinajstić information content (AvgIpc) is 3.07. The third-order valence-corrected chi connectivity index (χ3v) is 5.64. The first-order chi connectivity index (χ1) is 13.4. The summed E-state index contributed by atoms with van der Waals surface area (Å²) in [5.41, 5.74) is 2.39. The van der Waals surface area contributed by atoms with Gasteiger partial charge in [-0.25, -0.2) is 4.39 Å². The van der Waals surface area contributed by atoms with Gasteiger partial charge in [-0.15, -0.1) is 0 Å². The summed E-state index contributed by atoms with van der Waals surface area (Å²) < 4.78 is 14.6. The number of fused-ring (bicyclic) bond motifs is 1. The van der Waals surface area contributed by atoms with Crippen molar-refractivity contribution < 1.29 is 9.18 Å². The number of nitrogens with zero attached hydrogens (tertiary/aromatic N) is 2. The van der Waals surface area contributed by atoms with Crippen molar-refractivity contribution in [1.82, 2.24) is 15.1 Å². The predicted octanol–water partition coefficient (Wildman–Crippen LogP) is 4.61. The number of amides is 1. The highest BCUT2D eigenvalue weighted by molar-refractivity contribution is 6.31. The molecule has 2 N–H and O–H groups in total. The van der Waals surface area contributed by atoms with Crippen LogP contribution in [0.15, 0.2) is 30.3 Å². The summed E-state index contributed by atoms with van der Waals surface area (Å²) >= 11 is 6.12. The van der Waals surface area contributed by atoms with Gasteiger partial charge in [0.1, 0.15) is 5.82 Å². The molecule has 1 aliphatic heterocycles. The number of halogens is 2. The largest absolute Gasteiger partial charge is 0.308 e. The number of carbonyl (C=O) groups is 1. The fourth-order valence-corrected chi connectivity index (χ4v) is 3.97. The van der Waals surface area contributed by atoms with Crippen LogP contribution in [0.4, 0.5) is 10.2 Å². The van der Waals surface area contributed by atoms with Gasteiger partial charge in [-0.05, 0) is 75.3 Å². The fourth-order valence-electron chi connectivity index (χ4n) is 3.70. The normalized spacial score (nSPS) is 15.9. The first kappa shape index (κ1) is 18.9. The lowest BCUT2D eigenvalue weighted by Crippen LogP contribution is -2.36. The van der Waals surface area contributed by atoms with Crippen molar-refractivity contribution in [2.24, 2.45) is 5.92 Å². The topological polar surface area (TPSA) is 61.0 Å². The average molecular weight is 401 g/mol. The standard InChI is InChI=1S/C21H22ClFN4O/c1-12-9-15(22)11-16(19(12)23)14-3-4-18-17(10-14)20(26-25-18)24-21(28)13-5-7-27(2)8-6-13/h3-4,9-11,13H,5-8H2,1-2H3,(H2,24,25,26,28). The molecular formula is C21H22ClFN4O. The predicted molar refractivity (Wildman–Crippen MR) is 110 cm³/mol. The van der Waals surface area contributed by atoms with Crippen LogP contribution in [0, 0.1) is 18.7 Å². The summed E-state index contributed by atoms with van der Waals surface area (Å²) in [5, 5.41) is 11.4. The summed E-state index contributed by atoms with van der Waals surface area (Å²) in [6.07, 6.45) is 1.67. The Kier molecular flexibility index (Phi) is 5.08. The van der Waals surface area contributed by atoms with E-state index in [9.17, 15) is 9.18 Å². The number of carbonyl (C=O) groups excluding carboxylic acids is 1. The van der Waals surface area contributed by atoms with Crippen molar-refractivity contribution in [2.75, 3.05) is 25.5 Å². The number of benzene rings is 2. The molecule has 4 rings (SSSR count). The number of hydrogen-bond acceptors (Lipinski definition) is 3. The molecule has 0 aliphatic carbocycles. The van der Waals surface area contributed by atoms with E-state index in [1.807, 2.05) is 18.2 Å². The second kappa shape index (κ2) is 7.53. The van der Waals surface area contributed by atoms with E-state index in [4.69, 9.17) is 11.6 Å². The number of piperidine rings is 1. The van der Waals surface area contributed by atoms with Gasteiger partial charge < -0.3 is 10.2 Å². The van der Waals surface area contributed by atoms with Crippen LogP contribution in [-0.2, 0) is 4.79 Å². The maximum atomic E-state index is 14.6. The van der Waals surface area contributed by atoms with Crippen molar-refractivity contribution in [3.8, 4) is 11.1 Å². The second-order valence-electron chi connectivity index (χ2n) is 7.48. The van der Waals surface area contributed by atoms with Gasteiger partial charge in [-0.3, -0.25) is 9.89 Å². The molecule has 7 heteroatoms. The van der Waals surface area contributed by atoms with Crippen molar-refractivity contribution in [3.05, 3.63) is 46.7 Å². The molecule has 146 valence electrons. The highest BCUT2D eigenvalue weighted by Crippen LogP contribution is 2.32. The van der Waals surface area contributed by atoms with Gasteiger partial charge >= 0.3 is 0 Å². The highest BCUT2D eigenvalue weighted by Gasteiger charge is 2.24. The maximum Gasteiger partial charge on any atom is 0.228 e. The minimum absolute atomic E-state index is 0.0147. The van der Waals surface area contributed by atoms with Gasteiger partial charge in [0.15, 0.2) is 5.82 Å². The van der Waals surface area contributed by atoms with E-state index >= 15 is 0 Å². The summed E-state index contributed by atoms with van der Waals surface area (Å²) in [7, 11) is 2.06. The molecule has 3 aromatic rings. The van der Waals surface area contributed by atoms with E-state index in [1.54, 1.807) is 19.1 Å². The smallest absolute Gasteiger partial charge is 0.228 e. The zero-order valence-corrected chi connectivity index (χ0v) is 16.6. The van der Waals surface area contributed by atoms with Crippen molar-refractivity contribution in [3.63, 3.8) is 0 Å². The molecule has 2 heterocycles. The third-order valence-electron chi connectivity index (χ3n) is 5.42. The van der Waals surface area contributed by atoms with E-state index < -0.39 is 0 Å². The summed E-state index contributed by atoms with van der Waals surface area (Å²) in [4.78, 5) is 14.9. The van der Waals surface area contributed by atoms with Crippen LogP contribution in [0.5, 0.6) is 0 Å². The molecule has 1 aliphatic rings. The number of anilines is 1. The van der Waals surface area contributed by atoms with Gasteiger partial charge in [0.05, 0.1) is 5.52 Å². The molecule has 0 unspecified atom stereocenters. The van der Waals surface area contributed by atoms with E-state index in [2.05, 4.69) is 27.5 Å². The minimum atomic E-state index is -0.302. The van der Waals surface area contributed by atoms with Crippen LogP contribution in [-0.4, -0.2) is 41.1 Å². The Morgan fingerprint density at radius 2 is 2.04 bits per heavy atom. The molecule has 28 heavy (non-hydrogen) atoms. The minimum Gasteiger partial charge on any atom is -0.308 e. The number of hydrogen-bond donors (Lipinski definition) is 2. The quantitative estimate of drug-likeness (QED) is 0.674. The van der Waals surface area contributed by atoms with Crippen LogP contribution in [0.25, 0.3) is 22.0 Å². The first-order valence-electron chi connectivity index (χ1n) is 9.36. The van der Waals surface area contributed by atoms with Crippen LogP contribution < -0.4 is 5.32 Å². The lowest BCUT2D eigenvalue weighted by molar-refractivity contribution is -0.121. The molecule has 2 aromatic carbocycles. The van der Waals surface area contributed by atoms with Gasteiger partial charge in [0, 0.05) is 21.9 Å². The molecule has 0 bridgehead atoms. The van der Waals surface area contributed by atoms with E-state index in [0.717, 1.165) is 36.8 Å². The monoisotopic (exact) mass is 400 g/mol. The number of likely N-dealkylation sites (tertiary alicyclic amines) is 1. The highest BCUT2D eigenvalue weighted by atomic mass is 35.5. The van der Waals surface area contributed by atoms with Crippen molar-refractivity contribution in [1.29, 1.82) is 0 Å². The Labute approximate surface area is 167 Å². The molecule has 0 saturated carbocycles. The van der Waals surface area contributed by atoms with Crippen LogP contribution >= 0.6 is 11.6 Å². The maximum absolute atomic E-state index is 14.6. The Morgan fingerprint density at radius 1 is 1.29 bits per heavy atom. The number of nitrogens with one attached hydrogen (secondary N) is 2. The van der Waals surface area contributed by atoms with Crippen molar-refractivity contribution >= 4 is 34.2 Å². The number of rotatable bonds is 3. The summed E-state index contributed by atoms with van der Waals surface area (Å²) in [6, 6.07) is 8.69. The zero-order valence-electron chi connectivity index (χ0n) is 15.9. The molecule has 0 atom stereocenters. The number of aryl methyl sites for hydroxylation is 1. The lowest BCUT2D eigenvalue weighted by Gasteiger charge is -2.27. The van der Waals surface area contributed by atoms with E-state index in [0.29, 0.717) is 27.5 Å². The Morgan fingerprint density at radius 3 is 2.79 bits per heavy atom. The molecule has 1 saturated heterocycles. The first-order valence-corrected chi connectivity index (χ1v) is 9.73. The lowest BCUT2D eigenvalue weighted by atomic mass is 9.96. The Hall–Kier alpha value is -2.44. The molecule has 1 aromatic heterocycles. The Balaban J connectivity index is 1.65. The molecule has 0 radical (unpaired) electrons. The SMILES string of the molecule is Cc1cc(Cl)cc(-c2ccc3[nH]nc(NC(=O)C4CCN(C)CC4)c3c2)c1F. The molecular weight excluding hydrogens is 379 g/mol. The van der Waals surface area contributed by atoms with E-state index in [1.165, 1.54) is 0 Å². The molecule has 5 nitrogen and oxygen atoms in total. The van der Waals surface area contributed by atoms with Crippen LogP contribution in [0.3, 0.4) is 0 Å². The van der Waals surface area contributed by atoms with Gasteiger partial charge in [0.25, 0.3) is 0 Å². The summed E-state index contributed by atoms with van der Waals surface area (Å²) in [5.74, 6) is 0.139. The number of H-pyrrole nitrogens is 1. The zero-order chi connectivity index (χ0) is 19.8. The van der Waals surface area contributed by atoms with Crippen LogP contribution in [0.2, 0.25) is 5.02 Å². The number of aromatic amines is 1. The van der Waals surface area contributed by atoms with Gasteiger partial charge in [-0.2, -0.15) is 5.10 Å². The second-order valence-corrected chi connectivity index (χ2v) is 7.92. The van der Waals surface area contributed by atoms with Gasteiger partial charge in [0.2, 0.25) is 5.91 Å². The van der Waals surface area contributed by atoms with Crippen LogP contribution in [0.1, 0.15) is 18.4 Å². The molecule has 0 spiro atoms. The number of aromatic nitrogens is 2.